The molecular formula is C48H31N3. The number of hydrogen-bond acceptors (Lipinski definition) is 0. The lowest BCUT2D eigenvalue weighted by molar-refractivity contribution is 1.17. The van der Waals surface area contributed by atoms with Gasteiger partial charge in [0.15, 0.2) is 0 Å². The molecule has 0 aliphatic rings. The largest absolute Gasteiger partial charge is 0.309 e. The molecule has 11 aromatic rings. The summed E-state index contributed by atoms with van der Waals surface area (Å²) in [4.78, 5) is 0. The van der Waals surface area contributed by atoms with Crippen LogP contribution in [0.3, 0.4) is 0 Å². The van der Waals surface area contributed by atoms with Crippen LogP contribution in [0, 0.1) is 0 Å². The van der Waals surface area contributed by atoms with Crippen molar-refractivity contribution >= 4 is 65.4 Å². The first-order chi connectivity index (χ1) is 37.8. The molecule has 0 aliphatic heterocycles. The molecule has 3 aromatic heterocycles. The molecule has 0 radical (unpaired) electrons. The van der Waals surface area contributed by atoms with Crippen LogP contribution in [0.1, 0.15) is 41.1 Å². The molecule has 0 saturated carbocycles. The smallest absolute Gasteiger partial charge is 0.0652 e. The molecule has 11 rings (SSSR count). The van der Waals surface area contributed by atoms with Crippen LogP contribution < -0.4 is 0 Å². The summed E-state index contributed by atoms with van der Waals surface area (Å²) in [6.07, 6.45) is 0. The van der Waals surface area contributed by atoms with Gasteiger partial charge in [-0.25, -0.2) is 0 Å². The Morgan fingerprint density at radius 3 is 1.22 bits per heavy atom. The van der Waals surface area contributed by atoms with Crippen molar-refractivity contribution in [3.63, 3.8) is 0 Å². The predicted octanol–water partition coefficient (Wildman–Crippen LogP) is 12.6. The van der Waals surface area contributed by atoms with Crippen LogP contribution in [0.4, 0.5) is 0 Å². The van der Waals surface area contributed by atoms with Crippen LogP contribution in [-0.4, -0.2) is 13.7 Å². The summed E-state index contributed by atoms with van der Waals surface area (Å²) in [6.45, 7) is 0. The Morgan fingerprint density at radius 1 is 0.275 bits per heavy atom. The Bertz CT molecular complexity index is 4820. The highest BCUT2D eigenvalue weighted by atomic mass is 15.0. The third-order valence-corrected chi connectivity index (χ3v) is 8.43. The van der Waals surface area contributed by atoms with E-state index in [1.54, 1.807) is 0 Å². The van der Waals surface area contributed by atoms with Gasteiger partial charge in [0.2, 0.25) is 0 Å². The molecule has 238 valence electrons. The zero-order valence-electron chi connectivity index (χ0n) is 55.4. The second kappa shape index (κ2) is 10.8. The molecular weight excluding hydrogens is 619 g/mol. The van der Waals surface area contributed by atoms with Crippen molar-refractivity contribution in [1.82, 2.24) is 13.7 Å². The monoisotopic (exact) mass is 679 g/mol. The zero-order chi connectivity index (χ0) is 59.6. The van der Waals surface area contributed by atoms with Gasteiger partial charge in [-0.2, -0.15) is 0 Å². The van der Waals surface area contributed by atoms with Crippen molar-refractivity contribution in [2.45, 2.75) is 0 Å². The summed E-state index contributed by atoms with van der Waals surface area (Å²) in [5.41, 5.74) is -7.07. The lowest BCUT2D eigenvalue weighted by Crippen LogP contribution is -1.95. The minimum Gasteiger partial charge on any atom is -0.309 e. The van der Waals surface area contributed by atoms with Gasteiger partial charge in [0.05, 0.1) is 74.2 Å². The Hall–Kier alpha value is -6.84. The zero-order valence-corrected chi connectivity index (χ0v) is 25.4. The minimum atomic E-state index is -1.04. The average Bonchev–Trinajstić information content (AvgIpc) is 2.82. The van der Waals surface area contributed by atoms with E-state index in [4.69, 9.17) is 27.4 Å². The van der Waals surface area contributed by atoms with Crippen LogP contribution in [0.25, 0.3) is 93.6 Å². The fraction of sp³-hybridized carbons (Fsp3) is 0. The van der Waals surface area contributed by atoms with Gasteiger partial charge in [0, 0.05) is 49.4 Å². The molecule has 3 heteroatoms. The molecule has 0 atom stereocenters. The third-order valence-electron chi connectivity index (χ3n) is 8.43. The molecule has 0 amide bonds. The lowest BCUT2D eigenvalue weighted by Gasteiger charge is -2.11. The Balaban J connectivity index is 1.33. The van der Waals surface area contributed by atoms with Gasteiger partial charge in [-0.05, 0) is 95.7 Å². The number of aromatic nitrogens is 3. The molecule has 51 heavy (non-hydrogen) atoms. The van der Waals surface area contributed by atoms with E-state index in [0.717, 1.165) is 19.8 Å². The van der Waals surface area contributed by atoms with Gasteiger partial charge >= 0.3 is 0 Å². The number of rotatable bonds is 4. The van der Waals surface area contributed by atoms with Crippen LogP contribution in [0.5, 0.6) is 0 Å². The molecule has 3 heterocycles. The second-order valence-electron chi connectivity index (χ2n) is 11.1. The second-order valence-corrected chi connectivity index (χ2v) is 11.1. The van der Waals surface area contributed by atoms with Crippen molar-refractivity contribution in [3.05, 3.63) is 187 Å². The highest BCUT2D eigenvalue weighted by Gasteiger charge is 2.18. The first-order valence-corrected chi connectivity index (χ1v) is 15.1. The molecule has 3 nitrogen and oxygen atoms in total. The lowest BCUT2D eigenvalue weighted by atomic mass is 10.0. The van der Waals surface area contributed by atoms with Gasteiger partial charge in [-0.1, -0.05) is 103 Å². The maximum Gasteiger partial charge on any atom is 0.0652 e. The first kappa shape index (κ1) is 11.6. The summed E-state index contributed by atoms with van der Waals surface area (Å²) in [7, 11) is 0. The van der Waals surface area contributed by atoms with Crippen LogP contribution in [-0.2, 0) is 0 Å². The van der Waals surface area contributed by atoms with Crippen LogP contribution in [0.2, 0.25) is 0 Å². The Kier molecular flexibility index (Phi) is 2.47. The minimum absolute atomic E-state index is 0.481. The highest BCUT2D eigenvalue weighted by Crippen LogP contribution is 2.40. The standard InChI is InChI=1S/C48H31N3/c1-3-13-34(14-4-1)49-43-20-10-7-17-37(43)40-29-32(23-26-46(40)49)33-24-27-47-41(30-33)38-18-8-12-22-45(38)51(47)36-25-28-48-42(31-36)39-19-9-11-21-44(39)50(48)35-15-5-2-6-16-35/h1-31H/i1D,2D,3D,4D,5D,6D,7D,8D,9D,10D,11D,12D,13D,14D,15D,16D,17D,18D,19D,20D,21D,22D,24D,25D,26D,27D,28D,29D,30D,31D. The number of nitrogens with zero attached hydrogens (tertiary/aromatic N) is 3. The van der Waals surface area contributed by atoms with Crippen LogP contribution >= 0.6 is 0 Å². The number of fused-ring (bicyclic) bond motifs is 9. The first-order valence-electron chi connectivity index (χ1n) is 30.1. The van der Waals surface area contributed by atoms with E-state index in [9.17, 15) is 13.7 Å². The molecule has 0 fully saturated rings. The Labute approximate surface area is 336 Å². The highest BCUT2D eigenvalue weighted by molar-refractivity contribution is 6.14. The maximum absolute atomic E-state index is 9.94. The number of hydrogen-bond donors (Lipinski definition) is 0. The quantitative estimate of drug-likeness (QED) is 0.176. The summed E-state index contributed by atoms with van der Waals surface area (Å²) in [5, 5.41) is -3.36. The molecule has 0 bridgehead atoms. The summed E-state index contributed by atoms with van der Waals surface area (Å²) >= 11 is 0. The topological polar surface area (TPSA) is 14.8 Å². The van der Waals surface area contributed by atoms with Crippen molar-refractivity contribution in [2.24, 2.45) is 0 Å². The van der Waals surface area contributed by atoms with Crippen molar-refractivity contribution in [2.75, 3.05) is 0 Å². The van der Waals surface area contributed by atoms with Crippen LogP contribution in [0.15, 0.2) is 187 Å². The number of para-hydroxylation sites is 5. The molecule has 8 aromatic carbocycles. The summed E-state index contributed by atoms with van der Waals surface area (Å²) in [6, 6.07) is -25.6. The third kappa shape index (κ3) is 4.12. The van der Waals surface area contributed by atoms with E-state index in [1.807, 2.05) is 0 Å². The van der Waals surface area contributed by atoms with Gasteiger partial charge in [-0.3, -0.25) is 0 Å². The average molecular weight is 680 g/mol. The van der Waals surface area contributed by atoms with Gasteiger partial charge in [0.25, 0.3) is 0 Å². The van der Waals surface area contributed by atoms with Crippen molar-refractivity contribution in [1.29, 1.82) is 0 Å². The van der Waals surface area contributed by atoms with E-state index < -0.39 is 275 Å². The molecule has 0 saturated heterocycles. The molecule has 0 spiro atoms. The normalized spacial score (nSPS) is 20.2. The predicted molar refractivity (Wildman–Crippen MR) is 215 cm³/mol. The maximum atomic E-state index is 9.94. The van der Waals surface area contributed by atoms with Crippen molar-refractivity contribution < 1.29 is 41.1 Å². The van der Waals surface area contributed by atoms with Gasteiger partial charge < -0.3 is 13.7 Å². The van der Waals surface area contributed by atoms with E-state index in [-0.39, 0.29) is 0 Å². The van der Waals surface area contributed by atoms with Gasteiger partial charge in [-0.15, -0.1) is 0 Å². The fourth-order valence-corrected chi connectivity index (χ4v) is 6.35. The van der Waals surface area contributed by atoms with E-state index in [2.05, 4.69) is 0 Å². The molecule has 0 aliphatic carbocycles. The van der Waals surface area contributed by atoms with Gasteiger partial charge in [0.1, 0.15) is 0 Å². The van der Waals surface area contributed by atoms with E-state index in [0.29, 0.717) is 0 Å². The summed E-state index contributed by atoms with van der Waals surface area (Å²) < 4.78 is 272. The fourth-order valence-electron chi connectivity index (χ4n) is 6.35. The Morgan fingerprint density at radius 2 is 0.667 bits per heavy atom. The summed E-state index contributed by atoms with van der Waals surface area (Å²) in [5.74, 6) is 0. The van der Waals surface area contributed by atoms with E-state index >= 15 is 0 Å². The van der Waals surface area contributed by atoms with E-state index in [1.165, 1.54) is 0 Å². The number of benzene rings is 8. The van der Waals surface area contributed by atoms with Crippen molar-refractivity contribution in [3.8, 4) is 28.2 Å². The SMILES string of the molecule is [2H]c1c([2H])c([2H])c(-n2c3c([2H])cc(-c4c([2H])c([2H])c5c(c4[2H])c4c([2H])c([2H])c([2H])c([2H])c4n5-c4c([2H])c([2H])c5c(c4[2H])c4c([2H])c([2H])c([2H])c([2H])c4n5-c4c([2H])c([2H])c([2H])c([2H])c4[2H])c([2H])c3c3c([2H])c([2H])c([2H])c([2H])c32)c([2H])c1[2H]. The molecule has 0 unspecified atom stereocenters. The molecule has 0 N–H and O–H groups in total.